The molecule has 0 amide bonds. The van der Waals surface area contributed by atoms with E-state index in [-0.39, 0.29) is 0 Å². The molecule has 1 heteroatoms. The van der Waals surface area contributed by atoms with E-state index in [0.29, 0.717) is 6.61 Å². The monoisotopic (exact) mass is 158 g/mol. The van der Waals surface area contributed by atoms with Gasteiger partial charge in [-0.15, -0.1) is 6.42 Å². The highest BCUT2D eigenvalue weighted by Gasteiger charge is 1.80. The van der Waals surface area contributed by atoms with Crippen LogP contribution in [0.3, 0.4) is 0 Å². The Kier molecular flexibility index (Phi) is 3.53. The lowest BCUT2D eigenvalue weighted by atomic mass is 10.2. The summed E-state index contributed by atoms with van der Waals surface area (Å²) in [5.74, 6) is 2.38. The summed E-state index contributed by atoms with van der Waals surface area (Å²) in [5, 5.41) is 0. The molecule has 0 aliphatic heterocycles. The quantitative estimate of drug-likeness (QED) is 0.372. The average molecular weight is 158 g/mol. The van der Waals surface area contributed by atoms with Crippen molar-refractivity contribution < 1.29 is 4.74 Å². The minimum atomic E-state index is 0.323. The van der Waals surface area contributed by atoms with Gasteiger partial charge >= 0.3 is 0 Å². The number of rotatable bonds is 3. The van der Waals surface area contributed by atoms with Gasteiger partial charge in [0, 0.05) is 0 Å². The Morgan fingerprint density at radius 3 is 2.75 bits per heavy atom. The third-order valence-corrected chi connectivity index (χ3v) is 1.32. The highest BCUT2D eigenvalue weighted by atomic mass is 16.5. The first-order chi connectivity index (χ1) is 5.93. The lowest BCUT2D eigenvalue weighted by Crippen LogP contribution is -1.79. The van der Waals surface area contributed by atoms with Gasteiger partial charge in [-0.3, -0.25) is 0 Å². The number of hydrogen-bond donors (Lipinski definition) is 0. The van der Waals surface area contributed by atoms with E-state index in [1.54, 1.807) is 6.26 Å². The van der Waals surface area contributed by atoms with Gasteiger partial charge < -0.3 is 4.74 Å². The number of benzene rings is 1. The predicted octanol–water partition coefficient (Wildman–Crippen LogP) is 2.31. The summed E-state index contributed by atoms with van der Waals surface area (Å²) in [6, 6.07) is 9.91. The van der Waals surface area contributed by atoms with E-state index in [2.05, 4.69) is 5.92 Å². The van der Waals surface area contributed by atoms with Crippen LogP contribution in [0.5, 0.6) is 0 Å². The Balaban J connectivity index is 2.43. The van der Waals surface area contributed by atoms with Crippen LogP contribution in [0.2, 0.25) is 0 Å². The largest absolute Gasteiger partial charge is 0.489 e. The van der Waals surface area contributed by atoms with Gasteiger partial charge in [-0.25, -0.2) is 0 Å². The lowest BCUT2D eigenvalue weighted by molar-refractivity contribution is 0.299. The Labute approximate surface area is 72.7 Å². The molecule has 0 aliphatic rings. The second kappa shape index (κ2) is 5.03. The van der Waals surface area contributed by atoms with Crippen molar-refractivity contribution in [2.45, 2.75) is 0 Å². The van der Waals surface area contributed by atoms with Gasteiger partial charge in [0.15, 0.2) is 0 Å². The standard InChI is InChI=1S/C11H10O/c1-2-9-12-10-8-11-6-4-3-5-7-11/h1,3-8,10H,9H2. The summed E-state index contributed by atoms with van der Waals surface area (Å²) in [7, 11) is 0. The molecule has 0 saturated carbocycles. The molecule has 1 nitrogen and oxygen atoms in total. The van der Waals surface area contributed by atoms with Crippen LogP contribution >= 0.6 is 0 Å². The molecule has 1 aromatic rings. The first-order valence-corrected chi connectivity index (χ1v) is 3.70. The number of terminal acetylenes is 1. The SMILES string of the molecule is C#CCOC=Cc1ccccc1. The third kappa shape index (κ3) is 2.94. The fourth-order valence-corrected chi connectivity index (χ4v) is 0.787. The van der Waals surface area contributed by atoms with Crippen molar-refractivity contribution in [3.05, 3.63) is 42.2 Å². The van der Waals surface area contributed by atoms with Crippen LogP contribution < -0.4 is 0 Å². The van der Waals surface area contributed by atoms with Crippen LogP contribution in [-0.2, 0) is 4.74 Å². The summed E-state index contributed by atoms with van der Waals surface area (Å²) in [6.45, 7) is 0.323. The van der Waals surface area contributed by atoms with Crippen LogP contribution in [0.15, 0.2) is 36.6 Å². The third-order valence-electron chi connectivity index (χ3n) is 1.32. The molecule has 0 atom stereocenters. The Morgan fingerprint density at radius 2 is 2.08 bits per heavy atom. The average Bonchev–Trinajstić information content (AvgIpc) is 2.14. The summed E-state index contributed by atoms with van der Waals surface area (Å²) in [6.07, 6.45) is 8.48. The number of hydrogen-bond acceptors (Lipinski definition) is 1. The summed E-state index contributed by atoms with van der Waals surface area (Å²) in [4.78, 5) is 0. The van der Waals surface area contributed by atoms with Gasteiger partial charge in [-0.1, -0.05) is 36.3 Å². The van der Waals surface area contributed by atoms with Crippen molar-refractivity contribution in [3.63, 3.8) is 0 Å². The summed E-state index contributed by atoms with van der Waals surface area (Å²) < 4.78 is 4.97. The van der Waals surface area contributed by atoms with Gasteiger partial charge in [-0.2, -0.15) is 0 Å². The maximum Gasteiger partial charge on any atom is 0.147 e. The molecule has 0 aliphatic carbocycles. The fraction of sp³-hybridized carbons (Fsp3) is 0.0909. The predicted molar refractivity (Wildman–Crippen MR) is 50.3 cm³/mol. The summed E-state index contributed by atoms with van der Waals surface area (Å²) in [5.41, 5.74) is 1.11. The van der Waals surface area contributed by atoms with Crippen molar-refractivity contribution in [1.82, 2.24) is 0 Å². The zero-order valence-electron chi connectivity index (χ0n) is 6.73. The zero-order valence-corrected chi connectivity index (χ0v) is 6.73. The van der Waals surface area contributed by atoms with Crippen molar-refractivity contribution >= 4 is 6.08 Å². The molecule has 0 heterocycles. The fourth-order valence-electron chi connectivity index (χ4n) is 0.787. The first kappa shape index (κ1) is 8.42. The van der Waals surface area contributed by atoms with Crippen LogP contribution in [0, 0.1) is 12.3 Å². The second-order valence-corrected chi connectivity index (χ2v) is 2.23. The van der Waals surface area contributed by atoms with E-state index in [1.165, 1.54) is 0 Å². The van der Waals surface area contributed by atoms with Crippen LogP contribution in [0.25, 0.3) is 6.08 Å². The highest BCUT2D eigenvalue weighted by molar-refractivity contribution is 5.47. The highest BCUT2D eigenvalue weighted by Crippen LogP contribution is 2.00. The Bertz CT molecular complexity index is 280. The molecule has 0 spiro atoms. The van der Waals surface area contributed by atoms with Gasteiger partial charge in [0.05, 0.1) is 6.26 Å². The minimum absolute atomic E-state index is 0.323. The zero-order chi connectivity index (χ0) is 8.65. The molecule has 0 aromatic heterocycles. The normalized spacial score (nSPS) is 9.58. The van der Waals surface area contributed by atoms with Crippen molar-refractivity contribution in [2.24, 2.45) is 0 Å². The minimum Gasteiger partial charge on any atom is -0.489 e. The topological polar surface area (TPSA) is 9.23 Å². The van der Waals surface area contributed by atoms with Crippen LogP contribution in [0.4, 0.5) is 0 Å². The van der Waals surface area contributed by atoms with Crippen molar-refractivity contribution in [1.29, 1.82) is 0 Å². The van der Waals surface area contributed by atoms with Crippen molar-refractivity contribution in [2.75, 3.05) is 6.61 Å². The van der Waals surface area contributed by atoms with Crippen LogP contribution in [-0.4, -0.2) is 6.61 Å². The lowest BCUT2D eigenvalue weighted by Gasteiger charge is -1.92. The molecule has 0 radical (unpaired) electrons. The molecule has 1 rings (SSSR count). The molecule has 0 unspecified atom stereocenters. The molecule has 1 aromatic carbocycles. The van der Waals surface area contributed by atoms with E-state index >= 15 is 0 Å². The van der Waals surface area contributed by atoms with Gasteiger partial charge in [0.25, 0.3) is 0 Å². The molecule has 0 saturated heterocycles. The molecule has 12 heavy (non-hydrogen) atoms. The number of ether oxygens (including phenoxy) is 1. The molecule has 0 fully saturated rings. The van der Waals surface area contributed by atoms with Gasteiger partial charge in [-0.05, 0) is 11.6 Å². The molecule has 0 N–H and O–H groups in total. The Morgan fingerprint density at radius 1 is 1.33 bits per heavy atom. The van der Waals surface area contributed by atoms with E-state index in [0.717, 1.165) is 5.56 Å². The maximum absolute atomic E-state index is 5.00. The van der Waals surface area contributed by atoms with E-state index in [1.807, 2.05) is 36.4 Å². The van der Waals surface area contributed by atoms with E-state index < -0.39 is 0 Å². The molecule has 60 valence electrons. The molecular weight excluding hydrogens is 148 g/mol. The second-order valence-electron chi connectivity index (χ2n) is 2.23. The Hall–Kier alpha value is -1.68. The smallest absolute Gasteiger partial charge is 0.147 e. The molecular formula is C11H10O. The maximum atomic E-state index is 5.00. The molecule has 0 bridgehead atoms. The van der Waals surface area contributed by atoms with Gasteiger partial charge in [0.2, 0.25) is 0 Å². The van der Waals surface area contributed by atoms with E-state index in [4.69, 9.17) is 11.2 Å². The van der Waals surface area contributed by atoms with Crippen LogP contribution in [0.1, 0.15) is 5.56 Å². The van der Waals surface area contributed by atoms with Gasteiger partial charge in [0.1, 0.15) is 6.61 Å². The first-order valence-electron chi connectivity index (χ1n) is 3.70. The van der Waals surface area contributed by atoms with Crippen molar-refractivity contribution in [3.8, 4) is 12.3 Å². The summed E-state index contributed by atoms with van der Waals surface area (Å²) >= 11 is 0. The van der Waals surface area contributed by atoms with E-state index in [9.17, 15) is 0 Å².